The van der Waals surface area contributed by atoms with Gasteiger partial charge in [0.1, 0.15) is 5.75 Å². The number of amides is 1. The Labute approximate surface area is 191 Å². The van der Waals surface area contributed by atoms with Crippen molar-refractivity contribution in [2.24, 2.45) is 4.99 Å². The van der Waals surface area contributed by atoms with Gasteiger partial charge in [0.15, 0.2) is 12.6 Å². The molecule has 1 saturated heterocycles. The summed E-state index contributed by atoms with van der Waals surface area (Å²) in [5.41, 5.74) is 1.03. The summed E-state index contributed by atoms with van der Waals surface area (Å²) in [6, 6.07) is 7.69. The Balaban J connectivity index is 0.00000420. The van der Waals surface area contributed by atoms with E-state index in [1.54, 1.807) is 14.1 Å². The van der Waals surface area contributed by atoms with E-state index < -0.39 is 0 Å². The standard InChI is InChI=1S/C20H33N5O3.HI/c1-4-21-20(22-8-9-25-10-12-27-13-11-25)23-15-17-6-5-7-18(14-17)28-16-19(26)24(2)3;/h5-7,14H,4,8-13,15-16H2,1-3H3,(H2,21,22,23);1H. The molecule has 0 spiro atoms. The molecule has 0 bridgehead atoms. The van der Waals surface area contributed by atoms with Crippen LogP contribution in [0.4, 0.5) is 0 Å². The zero-order valence-corrected chi connectivity index (χ0v) is 20.0. The van der Waals surface area contributed by atoms with Gasteiger partial charge in [-0.15, -0.1) is 24.0 Å². The van der Waals surface area contributed by atoms with Gasteiger partial charge in [0.2, 0.25) is 0 Å². The van der Waals surface area contributed by atoms with Crippen molar-refractivity contribution in [3.63, 3.8) is 0 Å². The molecule has 8 nitrogen and oxygen atoms in total. The van der Waals surface area contributed by atoms with Gasteiger partial charge in [-0.3, -0.25) is 9.69 Å². The van der Waals surface area contributed by atoms with Crippen LogP contribution in [0, 0.1) is 0 Å². The summed E-state index contributed by atoms with van der Waals surface area (Å²) in [5.74, 6) is 1.40. The Hall–Kier alpha value is -1.59. The number of guanidine groups is 1. The third-order valence-corrected chi connectivity index (χ3v) is 4.35. The van der Waals surface area contributed by atoms with Crippen LogP contribution in [0.1, 0.15) is 12.5 Å². The Bertz CT molecular complexity index is 636. The van der Waals surface area contributed by atoms with Gasteiger partial charge in [0.05, 0.1) is 19.8 Å². The molecule has 0 unspecified atom stereocenters. The quantitative estimate of drug-likeness (QED) is 0.290. The number of morpholine rings is 1. The summed E-state index contributed by atoms with van der Waals surface area (Å²) in [7, 11) is 3.43. The lowest BCUT2D eigenvalue weighted by atomic mass is 10.2. The highest BCUT2D eigenvalue weighted by molar-refractivity contribution is 14.0. The van der Waals surface area contributed by atoms with Crippen molar-refractivity contribution in [3.05, 3.63) is 29.8 Å². The van der Waals surface area contributed by atoms with E-state index in [-0.39, 0.29) is 36.5 Å². The van der Waals surface area contributed by atoms with E-state index in [0.717, 1.165) is 57.5 Å². The second kappa shape index (κ2) is 14.4. The minimum atomic E-state index is -0.0673. The zero-order chi connectivity index (χ0) is 20.2. The van der Waals surface area contributed by atoms with Gasteiger partial charge in [0.25, 0.3) is 5.91 Å². The summed E-state index contributed by atoms with van der Waals surface area (Å²) in [4.78, 5) is 20.2. The average Bonchev–Trinajstić information content (AvgIpc) is 2.71. The van der Waals surface area contributed by atoms with Crippen LogP contribution in [0.25, 0.3) is 0 Å². The fourth-order valence-corrected chi connectivity index (χ4v) is 2.68. The van der Waals surface area contributed by atoms with Crippen LogP contribution in [0.3, 0.4) is 0 Å². The number of rotatable bonds is 9. The van der Waals surface area contributed by atoms with Gasteiger partial charge in [-0.05, 0) is 24.6 Å². The van der Waals surface area contributed by atoms with E-state index in [4.69, 9.17) is 9.47 Å². The number of aliphatic imine (C=N–C) groups is 1. The van der Waals surface area contributed by atoms with Crippen molar-refractivity contribution in [2.75, 3.05) is 66.6 Å². The molecular weight excluding hydrogens is 485 g/mol. The molecule has 0 saturated carbocycles. The highest BCUT2D eigenvalue weighted by atomic mass is 127. The average molecular weight is 519 g/mol. The summed E-state index contributed by atoms with van der Waals surface area (Å²) in [6.45, 7) is 8.82. The summed E-state index contributed by atoms with van der Waals surface area (Å²) >= 11 is 0. The Morgan fingerprint density at radius 3 is 2.72 bits per heavy atom. The molecule has 164 valence electrons. The Morgan fingerprint density at radius 2 is 2.03 bits per heavy atom. The lowest BCUT2D eigenvalue weighted by Crippen LogP contribution is -2.44. The molecule has 0 aromatic heterocycles. The maximum absolute atomic E-state index is 11.7. The SMILES string of the molecule is CCNC(=NCc1cccc(OCC(=O)N(C)C)c1)NCCN1CCOCC1.I. The predicted octanol–water partition coefficient (Wildman–Crippen LogP) is 1.16. The number of halogens is 1. The summed E-state index contributed by atoms with van der Waals surface area (Å²) in [5, 5.41) is 6.65. The molecule has 1 aromatic carbocycles. The molecule has 2 rings (SSSR count). The molecule has 1 fully saturated rings. The van der Waals surface area contributed by atoms with Crippen molar-refractivity contribution in [3.8, 4) is 5.75 Å². The zero-order valence-electron chi connectivity index (χ0n) is 17.6. The van der Waals surface area contributed by atoms with Crippen molar-refractivity contribution in [1.29, 1.82) is 0 Å². The number of nitrogens with one attached hydrogen (secondary N) is 2. The molecule has 2 N–H and O–H groups in total. The lowest BCUT2D eigenvalue weighted by molar-refractivity contribution is -0.130. The maximum Gasteiger partial charge on any atom is 0.259 e. The molecule has 1 aromatic rings. The molecule has 29 heavy (non-hydrogen) atoms. The fraction of sp³-hybridized carbons (Fsp3) is 0.600. The molecule has 0 atom stereocenters. The number of ether oxygens (including phenoxy) is 2. The van der Waals surface area contributed by atoms with Crippen LogP contribution in [-0.4, -0.2) is 88.3 Å². The molecule has 1 amide bonds. The van der Waals surface area contributed by atoms with E-state index in [0.29, 0.717) is 12.3 Å². The number of likely N-dealkylation sites (N-methyl/N-ethyl adjacent to an activating group) is 1. The molecule has 1 aliphatic rings. The number of hydrogen-bond donors (Lipinski definition) is 2. The minimum Gasteiger partial charge on any atom is -0.484 e. The Morgan fingerprint density at radius 1 is 1.28 bits per heavy atom. The number of hydrogen-bond acceptors (Lipinski definition) is 5. The van der Waals surface area contributed by atoms with E-state index in [1.807, 2.05) is 24.3 Å². The molecule has 1 heterocycles. The largest absolute Gasteiger partial charge is 0.484 e. The minimum absolute atomic E-state index is 0. The normalized spacial score (nSPS) is 14.7. The molecule has 0 radical (unpaired) electrons. The number of carbonyl (C=O) groups is 1. The molecule has 9 heteroatoms. The van der Waals surface area contributed by atoms with Gasteiger partial charge < -0.3 is 25.0 Å². The third kappa shape index (κ3) is 10.1. The highest BCUT2D eigenvalue weighted by Gasteiger charge is 2.10. The van der Waals surface area contributed by atoms with Crippen LogP contribution in [0.5, 0.6) is 5.75 Å². The first-order chi connectivity index (χ1) is 13.6. The molecule has 0 aliphatic carbocycles. The van der Waals surface area contributed by atoms with Crippen LogP contribution < -0.4 is 15.4 Å². The second-order valence-electron chi connectivity index (χ2n) is 6.80. The van der Waals surface area contributed by atoms with Gasteiger partial charge in [-0.1, -0.05) is 12.1 Å². The van der Waals surface area contributed by atoms with E-state index in [2.05, 4.69) is 27.4 Å². The van der Waals surface area contributed by atoms with Crippen molar-refractivity contribution >= 4 is 35.8 Å². The van der Waals surface area contributed by atoms with Crippen LogP contribution >= 0.6 is 24.0 Å². The van der Waals surface area contributed by atoms with Gasteiger partial charge in [-0.25, -0.2) is 4.99 Å². The maximum atomic E-state index is 11.7. The number of nitrogens with zero attached hydrogens (tertiary/aromatic N) is 3. The first-order valence-electron chi connectivity index (χ1n) is 9.82. The van der Waals surface area contributed by atoms with Crippen molar-refractivity contribution < 1.29 is 14.3 Å². The van der Waals surface area contributed by atoms with Gasteiger partial charge >= 0.3 is 0 Å². The van der Waals surface area contributed by atoms with E-state index >= 15 is 0 Å². The smallest absolute Gasteiger partial charge is 0.259 e. The van der Waals surface area contributed by atoms with Crippen LogP contribution in [0.15, 0.2) is 29.3 Å². The van der Waals surface area contributed by atoms with Gasteiger partial charge in [0, 0.05) is 46.8 Å². The Kier molecular flexibility index (Phi) is 12.6. The number of benzene rings is 1. The van der Waals surface area contributed by atoms with Gasteiger partial charge in [-0.2, -0.15) is 0 Å². The highest BCUT2D eigenvalue weighted by Crippen LogP contribution is 2.14. The lowest BCUT2D eigenvalue weighted by Gasteiger charge is -2.26. The monoisotopic (exact) mass is 519 g/mol. The molecule has 1 aliphatic heterocycles. The van der Waals surface area contributed by atoms with E-state index in [1.165, 1.54) is 4.90 Å². The van der Waals surface area contributed by atoms with Crippen molar-refractivity contribution in [2.45, 2.75) is 13.5 Å². The first-order valence-corrected chi connectivity index (χ1v) is 9.82. The van der Waals surface area contributed by atoms with E-state index in [9.17, 15) is 4.79 Å². The second-order valence-corrected chi connectivity index (χ2v) is 6.80. The van der Waals surface area contributed by atoms with Crippen LogP contribution in [0.2, 0.25) is 0 Å². The third-order valence-electron chi connectivity index (χ3n) is 4.35. The topological polar surface area (TPSA) is 78.4 Å². The first kappa shape index (κ1) is 25.4. The molecular formula is C20H34IN5O3. The van der Waals surface area contributed by atoms with Crippen molar-refractivity contribution in [1.82, 2.24) is 20.4 Å². The fourth-order valence-electron chi connectivity index (χ4n) is 2.68. The predicted molar refractivity (Wildman–Crippen MR) is 126 cm³/mol. The number of carbonyl (C=O) groups excluding carboxylic acids is 1. The summed E-state index contributed by atoms with van der Waals surface area (Å²) in [6.07, 6.45) is 0. The summed E-state index contributed by atoms with van der Waals surface area (Å²) < 4.78 is 10.9. The van der Waals surface area contributed by atoms with Crippen LogP contribution in [-0.2, 0) is 16.1 Å².